The quantitative estimate of drug-likeness (QED) is 0.760. The molecule has 0 radical (unpaired) electrons. The summed E-state index contributed by atoms with van der Waals surface area (Å²) in [4.78, 5) is 5.43. The highest BCUT2D eigenvalue weighted by molar-refractivity contribution is 7.09. The van der Waals surface area contributed by atoms with Crippen LogP contribution in [0.1, 0.15) is 57.9 Å². The third kappa shape index (κ3) is 5.61. The number of aromatic nitrogens is 1. The molecule has 0 aliphatic heterocycles. The molecule has 0 aromatic carbocycles. The third-order valence-corrected chi connectivity index (χ3v) is 3.64. The summed E-state index contributed by atoms with van der Waals surface area (Å²) in [6.07, 6.45) is 5.84. The molecule has 1 atom stereocenters. The van der Waals surface area contributed by atoms with Gasteiger partial charge in [-0.2, -0.15) is 0 Å². The molecule has 0 bridgehead atoms. The smallest absolute Gasteiger partial charge is 0.0794 e. The van der Waals surface area contributed by atoms with Gasteiger partial charge in [0.05, 0.1) is 5.51 Å². The molecule has 16 heavy (non-hydrogen) atoms. The summed E-state index contributed by atoms with van der Waals surface area (Å²) in [6.45, 7) is 10.2. The zero-order valence-corrected chi connectivity index (χ0v) is 11.7. The van der Waals surface area contributed by atoms with Crippen molar-refractivity contribution in [1.29, 1.82) is 0 Å². The van der Waals surface area contributed by atoms with Crippen LogP contribution >= 0.6 is 11.3 Å². The van der Waals surface area contributed by atoms with E-state index < -0.39 is 0 Å². The Morgan fingerprint density at radius 1 is 1.38 bits per heavy atom. The average Bonchev–Trinajstić information content (AvgIpc) is 2.67. The van der Waals surface area contributed by atoms with Gasteiger partial charge < -0.3 is 5.32 Å². The molecule has 0 amide bonds. The van der Waals surface area contributed by atoms with E-state index in [9.17, 15) is 0 Å². The summed E-state index contributed by atoms with van der Waals surface area (Å²) in [6, 6.07) is 0.446. The lowest BCUT2D eigenvalue weighted by molar-refractivity contribution is 0.357. The van der Waals surface area contributed by atoms with Crippen LogP contribution in [0.4, 0.5) is 0 Å². The Hall–Kier alpha value is -0.410. The first kappa shape index (κ1) is 13.7. The first-order valence-electron chi connectivity index (χ1n) is 6.11. The van der Waals surface area contributed by atoms with Crippen LogP contribution in [-0.2, 0) is 0 Å². The molecule has 0 aliphatic carbocycles. The number of hydrogen-bond donors (Lipinski definition) is 1. The molecule has 2 nitrogen and oxygen atoms in total. The lowest BCUT2D eigenvalue weighted by Gasteiger charge is -2.18. The fourth-order valence-corrected chi connectivity index (χ4v) is 2.29. The van der Waals surface area contributed by atoms with Crippen LogP contribution in [0.2, 0.25) is 0 Å². The van der Waals surface area contributed by atoms with Crippen molar-refractivity contribution in [3.8, 4) is 0 Å². The average molecular weight is 240 g/mol. The second-order valence-electron chi connectivity index (χ2n) is 5.60. The minimum Gasteiger partial charge on any atom is -0.309 e. The standard InChI is InChI=1S/C13H24N2S/c1-11(12-9-14-10-16-12)15-8-6-5-7-13(2,3)4/h9-11,15H,5-8H2,1-4H3. The maximum Gasteiger partial charge on any atom is 0.0794 e. The lowest BCUT2D eigenvalue weighted by atomic mass is 9.90. The number of hydrogen-bond acceptors (Lipinski definition) is 3. The molecule has 1 N–H and O–H groups in total. The zero-order valence-electron chi connectivity index (χ0n) is 10.9. The van der Waals surface area contributed by atoms with Crippen LogP contribution in [-0.4, -0.2) is 11.5 Å². The zero-order chi connectivity index (χ0) is 12.0. The van der Waals surface area contributed by atoms with Gasteiger partial charge in [0.15, 0.2) is 0 Å². The summed E-state index contributed by atoms with van der Waals surface area (Å²) in [5.41, 5.74) is 2.37. The van der Waals surface area contributed by atoms with Crippen molar-refractivity contribution in [2.24, 2.45) is 5.41 Å². The second-order valence-corrected chi connectivity index (χ2v) is 6.52. The van der Waals surface area contributed by atoms with E-state index in [0.717, 1.165) is 6.54 Å². The fourth-order valence-electron chi connectivity index (χ4n) is 1.64. The minimum absolute atomic E-state index is 0.446. The summed E-state index contributed by atoms with van der Waals surface area (Å²) in [5, 5.41) is 3.54. The van der Waals surface area contributed by atoms with E-state index in [1.807, 2.05) is 11.7 Å². The van der Waals surface area contributed by atoms with Gasteiger partial charge in [0, 0.05) is 17.1 Å². The lowest BCUT2D eigenvalue weighted by Crippen LogP contribution is -2.19. The predicted octanol–water partition coefficient (Wildman–Crippen LogP) is 4.01. The molecule has 3 heteroatoms. The molecule has 1 heterocycles. The van der Waals surface area contributed by atoms with Crippen LogP contribution in [0.15, 0.2) is 11.7 Å². The SMILES string of the molecule is CC(NCCCCC(C)(C)C)c1cncs1. The minimum atomic E-state index is 0.446. The van der Waals surface area contributed by atoms with Crippen molar-refractivity contribution in [1.82, 2.24) is 10.3 Å². The molecule has 0 saturated carbocycles. The van der Waals surface area contributed by atoms with E-state index in [1.54, 1.807) is 11.3 Å². The Labute approximate surface area is 103 Å². The molecule has 1 rings (SSSR count). The van der Waals surface area contributed by atoms with Crippen LogP contribution in [0.25, 0.3) is 0 Å². The van der Waals surface area contributed by atoms with Gasteiger partial charge in [0.1, 0.15) is 0 Å². The number of rotatable bonds is 6. The van der Waals surface area contributed by atoms with Gasteiger partial charge in [0.2, 0.25) is 0 Å². The van der Waals surface area contributed by atoms with Gasteiger partial charge in [-0.15, -0.1) is 11.3 Å². The second kappa shape index (κ2) is 6.36. The van der Waals surface area contributed by atoms with Crippen molar-refractivity contribution >= 4 is 11.3 Å². The third-order valence-electron chi connectivity index (χ3n) is 2.68. The molecule has 0 saturated heterocycles. The highest BCUT2D eigenvalue weighted by Crippen LogP contribution is 2.21. The maximum atomic E-state index is 4.10. The molecule has 92 valence electrons. The maximum absolute atomic E-state index is 4.10. The number of thiazole rings is 1. The monoisotopic (exact) mass is 240 g/mol. The Morgan fingerprint density at radius 3 is 2.69 bits per heavy atom. The van der Waals surface area contributed by atoms with Crippen LogP contribution in [0, 0.1) is 5.41 Å². The first-order valence-corrected chi connectivity index (χ1v) is 6.99. The molecule has 1 unspecified atom stereocenters. The summed E-state index contributed by atoms with van der Waals surface area (Å²) in [5.74, 6) is 0. The van der Waals surface area contributed by atoms with E-state index in [-0.39, 0.29) is 0 Å². The number of unbranched alkanes of at least 4 members (excludes halogenated alkanes) is 1. The molecule has 0 aliphatic rings. The summed E-state index contributed by atoms with van der Waals surface area (Å²) in [7, 11) is 0. The van der Waals surface area contributed by atoms with Crippen molar-refractivity contribution in [2.45, 2.75) is 53.0 Å². The van der Waals surface area contributed by atoms with Crippen molar-refractivity contribution < 1.29 is 0 Å². The molecule has 1 aromatic rings. The molecular weight excluding hydrogens is 216 g/mol. The number of nitrogens with zero attached hydrogens (tertiary/aromatic N) is 1. The fraction of sp³-hybridized carbons (Fsp3) is 0.769. The first-order chi connectivity index (χ1) is 7.49. The molecule has 0 fully saturated rings. The van der Waals surface area contributed by atoms with E-state index in [2.05, 4.69) is 38.0 Å². The molecular formula is C13H24N2S. The van der Waals surface area contributed by atoms with Crippen LogP contribution in [0.3, 0.4) is 0 Å². The van der Waals surface area contributed by atoms with Crippen LogP contribution in [0.5, 0.6) is 0 Å². The van der Waals surface area contributed by atoms with E-state index >= 15 is 0 Å². The van der Waals surface area contributed by atoms with E-state index in [1.165, 1.54) is 24.1 Å². The summed E-state index contributed by atoms with van der Waals surface area (Å²) < 4.78 is 0. The molecule has 0 spiro atoms. The highest BCUT2D eigenvalue weighted by Gasteiger charge is 2.09. The van der Waals surface area contributed by atoms with Crippen LogP contribution < -0.4 is 5.32 Å². The van der Waals surface area contributed by atoms with E-state index in [4.69, 9.17) is 0 Å². The Morgan fingerprint density at radius 2 is 2.12 bits per heavy atom. The van der Waals surface area contributed by atoms with Crippen molar-refractivity contribution in [3.05, 3.63) is 16.6 Å². The van der Waals surface area contributed by atoms with Gasteiger partial charge in [-0.05, 0) is 31.7 Å². The van der Waals surface area contributed by atoms with Crippen molar-refractivity contribution in [2.75, 3.05) is 6.54 Å². The Balaban J connectivity index is 2.08. The summed E-state index contributed by atoms with van der Waals surface area (Å²) >= 11 is 1.73. The normalized spacial score (nSPS) is 14.0. The van der Waals surface area contributed by atoms with Gasteiger partial charge in [-0.3, -0.25) is 4.98 Å². The number of nitrogens with one attached hydrogen (secondary N) is 1. The van der Waals surface area contributed by atoms with Crippen molar-refractivity contribution in [3.63, 3.8) is 0 Å². The highest BCUT2D eigenvalue weighted by atomic mass is 32.1. The van der Waals surface area contributed by atoms with Gasteiger partial charge >= 0.3 is 0 Å². The molecule has 1 aromatic heterocycles. The Kier molecular flexibility index (Phi) is 5.42. The van der Waals surface area contributed by atoms with Gasteiger partial charge in [-0.1, -0.05) is 27.2 Å². The topological polar surface area (TPSA) is 24.9 Å². The van der Waals surface area contributed by atoms with Gasteiger partial charge in [0.25, 0.3) is 0 Å². The van der Waals surface area contributed by atoms with E-state index in [0.29, 0.717) is 11.5 Å². The largest absolute Gasteiger partial charge is 0.309 e. The van der Waals surface area contributed by atoms with Gasteiger partial charge in [-0.25, -0.2) is 0 Å². The Bertz CT molecular complexity index is 275. The predicted molar refractivity (Wildman–Crippen MR) is 71.8 cm³/mol.